The third-order valence-corrected chi connectivity index (χ3v) is 6.11. The zero-order valence-electron chi connectivity index (χ0n) is 20.6. The van der Waals surface area contributed by atoms with Crippen LogP contribution in [0.25, 0.3) is 0 Å². The van der Waals surface area contributed by atoms with E-state index in [0.717, 1.165) is 48.7 Å². The number of hydrogen-bond donors (Lipinski definition) is 4. The molecule has 0 radical (unpaired) electrons. The van der Waals surface area contributed by atoms with Gasteiger partial charge in [-0.1, -0.05) is 78.9 Å². The zero-order chi connectivity index (χ0) is 23.1. The number of hydrogen-bond acceptors (Lipinski definition) is 3. The number of benzene rings is 1. The van der Waals surface area contributed by atoms with Crippen molar-refractivity contribution in [3.63, 3.8) is 0 Å². The van der Waals surface area contributed by atoms with Crippen molar-refractivity contribution in [2.24, 2.45) is 11.8 Å². The normalized spacial score (nSPS) is 12.7. The lowest BCUT2D eigenvalue weighted by Gasteiger charge is -2.20. The average Bonchev–Trinajstić information content (AvgIpc) is 2.76. The van der Waals surface area contributed by atoms with Crippen LogP contribution >= 0.6 is 0 Å². The maximum Gasteiger partial charge on any atom is 0.319 e. The van der Waals surface area contributed by atoms with Gasteiger partial charge in [0.1, 0.15) is 0 Å². The second kappa shape index (κ2) is 15.6. The molecule has 5 heteroatoms. The molecule has 0 aromatic heterocycles. The lowest BCUT2D eigenvalue weighted by atomic mass is 9.99. The van der Waals surface area contributed by atoms with Gasteiger partial charge >= 0.3 is 6.03 Å². The van der Waals surface area contributed by atoms with Gasteiger partial charge in [-0.2, -0.15) is 0 Å². The van der Waals surface area contributed by atoms with Crippen LogP contribution in [0.3, 0.4) is 0 Å². The Bertz CT molecular complexity index is 607. The molecule has 1 rings (SSSR count). The highest BCUT2D eigenvalue weighted by Crippen LogP contribution is 2.24. The first-order chi connectivity index (χ1) is 14.9. The minimum absolute atomic E-state index is 0.145. The summed E-state index contributed by atoms with van der Waals surface area (Å²) in [5.41, 5.74) is 2.76. The standard InChI is InChI=1S/C26H46N4O/c1-7-11-14-22(9-3)18-27-21(6)29-24-16-13-17-25(20(24)5)30-26(31)28-19-23(10-4)15-12-8-2/h13,16-17,22-23,27,29H,6-12,14-15,18-19H2,1-5H3,(H2,28,30,31). The quantitative estimate of drug-likeness (QED) is 0.228. The lowest BCUT2D eigenvalue weighted by molar-refractivity contribution is 0.249. The van der Waals surface area contributed by atoms with Crippen molar-refractivity contribution < 1.29 is 4.79 Å². The minimum Gasteiger partial charge on any atom is -0.372 e. The number of nitrogens with one attached hydrogen (secondary N) is 4. The molecule has 176 valence electrons. The molecule has 31 heavy (non-hydrogen) atoms. The van der Waals surface area contributed by atoms with Crippen LogP contribution in [0, 0.1) is 18.8 Å². The molecule has 0 heterocycles. The Morgan fingerprint density at radius 2 is 1.39 bits per heavy atom. The predicted octanol–water partition coefficient (Wildman–Crippen LogP) is 7.02. The molecule has 2 atom stereocenters. The van der Waals surface area contributed by atoms with Crippen molar-refractivity contribution in [1.82, 2.24) is 10.6 Å². The van der Waals surface area contributed by atoms with E-state index in [-0.39, 0.29) is 6.03 Å². The third-order valence-electron chi connectivity index (χ3n) is 6.11. The minimum atomic E-state index is -0.145. The Kier molecular flexibility index (Phi) is 13.5. The van der Waals surface area contributed by atoms with E-state index in [1.165, 1.54) is 38.5 Å². The van der Waals surface area contributed by atoms with Gasteiger partial charge in [-0.3, -0.25) is 0 Å². The van der Waals surface area contributed by atoms with Gasteiger partial charge in [0.2, 0.25) is 0 Å². The summed E-state index contributed by atoms with van der Waals surface area (Å²) in [6.07, 6.45) is 9.59. The van der Waals surface area contributed by atoms with Crippen molar-refractivity contribution in [3.8, 4) is 0 Å². The van der Waals surface area contributed by atoms with Crippen molar-refractivity contribution in [1.29, 1.82) is 0 Å². The lowest BCUT2D eigenvalue weighted by Crippen LogP contribution is -2.33. The van der Waals surface area contributed by atoms with E-state index in [2.05, 4.69) is 55.5 Å². The van der Waals surface area contributed by atoms with Crippen molar-refractivity contribution in [2.45, 2.75) is 86.0 Å². The van der Waals surface area contributed by atoms with Crippen molar-refractivity contribution >= 4 is 17.4 Å². The summed E-state index contributed by atoms with van der Waals surface area (Å²) in [5.74, 6) is 2.00. The number of amides is 2. The van der Waals surface area contributed by atoms with Gasteiger partial charge in [0, 0.05) is 24.5 Å². The summed E-state index contributed by atoms with van der Waals surface area (Å²) < 4.78 is 0. The largest absolute Gasteiger partial charge is 0.372 e. The summed E-state index contributed by atoms with van der Waals surface area (Å²) >= 11 is 0. The maximum absolute atomic E-state index is 12.4. The van der Waals surface area contributed by atoms with E-state index in [4.69, 9.17) is 0 Å². The molecule has 2 unspecified atom stereocenters. The average molecular weight is 431 g/mol. The summed E-state index contributed by atoms with van der Waals surface area (Å²) in [7, 11) is 0. The van der Waals surface area contributed by atoms with E-state index in [9.17, 15) is 4.79 Å². The molecule has 1 aromatic rings. The van der Waals surface area contributed by atoms with Crippen LogP contribution in [0.2, 0.25) is 0 Å². The fourth-order valence-corrected chi connectivity index (χ4v) is 3.67. The van der Waals surface area contributed by atoms with Crippen LogP contribution in [0.1, 0.15) is 84.6 Å². The zero-order valence-corrected chi connectivity index (χ0v) is 20.6. The first kappa shape index (κ1) is 26.9. The number of urea groups is 1. The second-order valence-electron chi connectivity index (χ2n) is 8.63. The molecular weight excluding hydrogens is 384 g/mol. The van der Waals surface area contributed by atoms with E-state index in [0.29, 0.717) is 11.8 Å². The molecule has 4 N–H and O–H groups in total. The molecule has 0 bridgehead atoms. The molecule has 0 aliphatic rings. The van der Waals surface area contributed by atoms with E-state index >= 15 is 0 Å². The fraction of sp³-hybridized carbons (Fsp3) is 0.654. The molecule has 0 saturated heterocycles. The third kappa shape index (κ3) is 10.6. The molecule has 0 fully saturated rings. The van der Waals surface area contributed by atoms with Crippen LogP contribution in [0.4, 0.5) is 16.2 Å². The molecule has 0 aliphatic carbocycles. The Hall–Kier alpha value is -2.17. The second-order valence-corrected chi connectivity index (χ2v) is 8.63. The van der Waals surface area contributed by atoms with Crippen LogP contribution in [-0.4, -0.2) is 19.1 Å². The van der Waals surface area contributed by atoms with Gasteiger partial charge in [0.05, 0.1) is 5.82 Å². The van der Waals surface area contributed by atoms with Crippen LogP contribution < -0.4 is 21.3 Å². The topological polar surface area (TPSA) is 65.2 Å². The number of rotatable bonds is 16. The Labute approximate surface area is 190 Å². The van der Waals surface area contributed by atoms with Crippen LogP contribution in [-0.2, 0) is 0 Å². The first-order valence-electron chi connectivity index (χ1n) is 12.3. The van der Waals surface area contributed by atoms with Gasteiger partial charge < -0.3 is 21.3 Å². The highest BCUT2D eigenvalue weighted by Gasteiger charge is 2.11. The molecule has 1 aromatic carbocycles. The molecule has 0 aliphatic heterocycles. The predicted molar refractivity (Wildman–Crippen MR) is 136 cm³/mol. The first-order valence-corrected chi connectivity index (χ1v) is 12.3. The molecule has 0 spiro atoms. The maximum atomic E-state index is 12.4. The molecule has 5 nitrogen and oxygen atoms in total. The van der Waals surface area contributed by atoms with E-state index in [1.54, 1.807) is 0 Å². The van der Waals surface area contributed by atoms with E-state index < -0.39 is 0 Å². The summed E-state index contributed by atoms with van der Waals surface area (Å²) in [6.45, 7) is 16.7. The highest BCUT2D eigenvalue weighted by atomic mass is 16.2. The van der Waals surface area contributed by atoms with Gasteiger partial charge in [-0.15, -0.1) is 0 Å². The van der Waals surface area contributed by atoms with Crippen LogP contribution in [0.15, 0.2) is 30.6 Å². The van der Waals surface area contributed by atoms with Gasteiger partial charge in [0.15, 0.2) is 0 Å². The number of carbonyl (C=O) groups excluding carboxylic acids is 1. The number of unbranched alkanes of at least 4 members (excludes halogenated alkanes) is 2. The van der Waals surface area contributed by atoms with Gasteiger partial charge in [-0.25, -0.2) is 4.79 Å². The van der Waals surface area contributed by atoms with Crippen molar-refractivity contribution in [2.75, 3.05) is 23.7 Å². The highest BCUT2D eigenvalue weighted by molar-refractivity contribution is 5.91. The SMILES string of the molecule is C=C(NCC(CC)CCCC)Nc1cccc(NC(=O)NCC(CC)CCCC)c1C. The van der Waals surface area contributed by atoms with Crippen LogP contribution in [0.5, 0.6) is 0 Å². The monoisotopic (exact) mass is 430 g/mol. The molecular formula is C26H46N4O. The van der Waals surface area contributed by atoms with Crippen molar-refractivity contribution in [3.05, 3.63) is 36.2 Å². The summed E-state index contributed by atoms with van der Waals surface area (Å²) in [4.78, 5) is 12.4. The van der Waals surface area contributed by atoms with Gasteiger partial charge in [-0.05, 0) is 49.3 Å². The molecule has 2 amide bonds. The van der Waals surface area contributed by atoms with Gasteiger partial charge in [0.25, 0.3) is 0 Å². The summed E-state index contributed by atoms with van der Waals surface area (Å²) in [5, 5.41) is 12.8. The molecule has 0 saturated carbocycles. The Morgan fingerprint density at radius 3 is 1.90 bits per heavy atom. The summed E-state index contributed by atoms with van der Waals surface area (Å²) in [6, 6.07) is 5.75. The Balaban J connectivity index is 2.57. The number of carbonyl (C=O) groups is 1. The fourth-order valence-electron chi connectivity index (χ4n) is 3.67. The van der Waals surface area contributed by atoms with E-state index in [1.807, 2.05) is 25.1 Å². The smallest absolute Gasteiger partial charge is 0.319 e. The number of anilines is 2. The Morgan fingerprint density at radius 1 is 0.871 bits per heavy atom.